The van der Waals surface area contributed by atoms with Crippen molar-refractivity contribution in [3.05, 3.63) is 223 Å². The molecule has 12 rings (SSSR count). The van der Waals surface area contributed by atoms with E-state index in [0.717, 1.165) is 55.5 Å². The first-order valence-electron chi connectivity index (χ1n) is 21.2. The van der Waals surface area contributed by atoms with Gasteiger partial charge in [-0.25, -0.2) is 0 Å². The van der Waals surface area contributed by atoms with Crippen LogP contribution in [0.25, 0.3) is 88.0 Å². The van der Waals surface area contributed by atoms with Gasteiger partial charge in [-0.05, 0) is 126 Å². The maximum Gasteiger partial charge on any atom is 0.143 e. The second-order valence-electron chi connectivity index (χ2n) is 16.9. The Morgan fingerprint density at radius 1 is 0.344 bits per heavy atom. The molecule has 2 heteroatoms. The van der Waals surface area contributed by atoms with E-state index < -0.39 is 0 Å². The first-order chi connectivity index (χ1) is 30.0. The van der Waals surface area contributed by atoms with Crippen molar-refractivity contribution < 1.29 is 4.42 Å². The third-order valence-corrected chi connectivity index (χ3v) is 13.1. The largest absolute Gasteiger partial charge is 0.455 e. The molecule has 0 unspecified atom stereocenters. The summed E-state index contributed by atoms with van der Waals surface area (Å²) in [7, 11) is 0. The minimum Gasteiger partial charge on any atom is -0.455 e. The number of hydrogen-bond acceptors (Lipinski definition) is 2. The summed E-state index contributed by atoms with van der Waals surface area (Å²) in [6, 6.07) is 77.3. The van der Waals surface area contributed by atoms with Gasteiger partial charge in [0.15, 0.2) is 0 Å². The average Bonchev–Trinajstić information content (AvgIpc) is 3.80. The van der Waals surface area contributed by atoms with Crippen LogP contribution in [-0.4, -0.2) is 0 Å². The second-order valence-corrected chi connectivity index (χ2v) is 16.9. The Kier molecular flexibility index (Phi) is 7.92. The molecule has 61 heavy (non-hydrogen) atoms. The molecule has 0 N–H and O–H groups in total. The second kappa shape index (κ2) is 13.7. The zero-order valence-electron chi connectivity index (χ0n) is 34.1. The Balaban J connectivity index is 0.964. The summed E-state index contributed by atoms with van der Waals surface area (Å²) in [5.41, 5.74) is 17.6. The molecule has 0 aliphatic heterocycles. The molecule has 0 fully saturated rings. The summed E-state index contributed by atoms with van der Waals surface area (Å²) in [5.74, 6) is 0. The van der Waals surface area contributed by atoms with Gasteiger partial charge in [0, 0.05) is 38.6 Å². The monoisotopic (exact) mass is 779 g/mol. The predicted molar refractivity (Wildman–Crippen MR) is 257 cm³/mol. The highest BCUT2D eigenvalue weighted by Gasteiger charge is 2.35. The van der Waals surface area contributed by atoms with E-state index in [0.29, 0.717) is 0 Å². The highest BCUT2D eigenvalue weighted by molar-refractivity contribution is 6.19. The van der Waals surface area contributed by atoms with Gasteiger partial charge in [0.05, 0.1) is 0 Å². The first-order valence-corrected chi connectivity index (χ1v) is 21.2. The fraction of sp³-hybridized carbons (Fsp3) is 0.0508. The lowest BCUT2D eigenvalue weighted by Crippen LogP contribution is -2.16. The topological polar surface area (TPSA) is 16.4 Å². The summed E-state index contributed by atoms with van der Waals surface area (Å²) >= 11 is 0. The zero-order chi connectivity index (χ0) is 40.7. The lowest BCUT2D eigenvalue weighted by Gasteiger charge is -2.28. The summed E-state index contributed by atoms with van der Waals surface area (Å²) < 4.78 is 6.61. The molecule has 288 valence electrons. The van der Waals surface area contributed by atoms with E-state index >= 15 is 0 Å². The molecule has 0 bridgehead atoms. The van der Waals surface area contributed by atoms with Crippen LogP contribution in [-0.2, 0) is 5.41 Å². The van der Waals surface area contributed by atoms with Crippen LogP contribution in [0.1, 0.15) is 25.0 Å². The maximum absolute atomic E-state index is 6.61. The van der Waals surface area contributed by atoms with Crippen LogP contribution >= 0.6 is 0 Å². The number of nitrogens with zero attached hydrogens (tertiary/aromatic N) is 1. The summed E-state index contributed by atoms with van der Waals surface area (Å²) in [4.78, 5) is 2.40. The normalized spacial score (nSPS) is 12.9. The highest BCUT2D eigenvalue weighted by Crippen LogP contribution is 2.51. The van der Waals surface area contributed by atoms with E-state index in [2.05, 4.69) is 231 Å². The smallest absolute Gasteiger partial charge is 0.143 e. The van der Waals surface area contributed by atoms with Crippen LogP contribution < -0.4 is 4.90 Å². The highest BCUT2D eigenvalue weighted by atomic mass is 16.3. The van der Waals surface area contributed by atoms with E-state index in [-0.39, 0.29) is 5.41 Å². The molecular weight excluding hydrogens is 739 g/mol. The maximum atomic E-state index is 6.61. The molecule has 1 aromatic heterocycles. The molecule has 11 aromatic rings. The number of rotatable bonds is 6. The molecular formula is C59H41NO. The van der Waals surface area contributed by atoms with E-state index in [1.54, 1.807) is 0 Å². The molecule has 1 aliphatic rings. The van der Waals surface area contributed by atoms with Crippen molar-refractivity contribution in [1.82, 2.24) is 0 Å². The van der Waals surface area contributed by atoms with Gasteiger partial charge >= 0.3 is 0 Å². The van der Waals surface area contributed by atoms with Crippen molar-refractivity contribution in [1.29, 1.82) is 0 Å². The van der Waals surface area contributed by atoms with Crippen LogP contribution in [0.15, 0.2) is 217 Å². The summed E-state index contributed by atoms with van der Waals surface area (Å²) in [6.07, 6.45) is 0. The van der Waals surface area contributed by atoms with Gasteiger partial charge in [0.1, 0.15) is 11.2 Å². The average molecular weight is 780 g/mol. The fourth-order valence-corrected chi connectivity index (χ4v) is 9.98. The Morgan fingerprint density at radius 3 is 1.74 bits per heavy atom. The predicted octanol–water partition coefficient (Wildman–Crippen LogP) is 16.7. The molecule has 0 spiro atoms. The van der Waals surface area contributed by atoms with Crippen LogP contribution in [0.5, 0.6) is 0 Å². The van der Waals surface area contributed by atoms with Crippen molar-refractivity contribution in [2.75, 3.05) is 4.90 Å². The molecule has 0 amide bonds. The van der Waals surface area contributed by atoms with Crippen LogP contribution in [0.3, 0.4) is 0 Å². The van der Waals surface area contributed by atoms with Crippen molar-refractivity contribution in [2.24, 2.45) is 0 Å². The van der Waals surface area contributed by atoms with Gasteiger partial charge in [-0.1, -0.05) is 172 Å². The lowest BCUT2D eigenvalue weighted by molar-refractivity contribution is 0.660. The van der Waals surface area contributed by atoms with Gasteiger partial charge < -0.3 is 9.32 Å². The molecule has 0 saturated carbocycles. The standard InChI is InChI=1S/C59H41NO/c1-59(2)55-22-11-10-19-49(55)50-33-32-45(36-56(50)59)60(44-30-25-41(26-31-44)47-21-12-16-39-15-6-7-17-46(39)47)43-28-23-38(24-29-43)42-27-34-57-53(35-42)54-37-52(40-13-4-3-5-14-40)48-18-8-9-20-51(48)58(54)61-57/h3-37H,1-2H3. The zero-order valence-corrected chi connectivity index (χ0v) is 34.1. The van der Waals surface area contributed by atoms with Gasteiger partial charge in [0.2, 0.25) is 0 Å². The number of anilines is 3. The Labute approximate surface area is 355 Å². The van der Waals surface area contributed by atoms with Crippen LogP contribution in [0.2, 0.25) is 0 Å². The van der Waals surface area contributed by atoms with Crippen molar-refractivity contribution in [2.45, 2.75) is 19.3 Å². The van der Waals surface area contributed by atoms with Crippen molar-refractivity contribution in [3.63, 3.8) is 0 Å². The van der Waals surface area contributed by atoms with E-state index in [1.807, 2.05) is 0 Å². The Morgan fingerprint density at radius 2 is 0.934 bits per heavy atom. The molecule has 0 atom stereocenters. The molecule has 10 aromatic carbocycles. The number of benzene rings is 10. The minimum atomic E-state index is -0.111. The molecule has 0 saturated heterocycles. The fourth-order valence-electron chi connectivity index (χ4n) is 9.98. The van der Waals surface area contributed by atoms with Gasteiger partial charge in [-0.15, -0.1) is 0 Å². The van der Waals surface area contributed by atoms with Crippen LogP contribution in [0.4, 0.5) is 17.1 Å². The van der Waals surface area contributed by atoms with Crippen LogP contribution in [0, 0.1) is 0 Å². The molecule has 1 heterocycles. The number of furan rings is 1. The van der Waals surface area contributed by atoms with Gasteiger partial charge in [-0.3, -0.25) is 0 Å². The lowest BCUT2D eigenvalue weighted by atomic mass is 9.82. The van der Waals surface area contributed by atoms with Gasteiger partial charge in [-0.2, -0.15) is 0 Å². The summed E-state index contributed by atoms with van der Waals surface area (Å²) in [6.45, 7) is 4.70. The Bertz CT molecular complexity index is 3480. The van der Waals surface area contributed by atoms with E-state index in [1.165, 1.54) is 60.7 Å². The Hall–Kier alpha value is -7.68. The molecule has 2 nitrogen and oxygen atoms in total. The summed E-state index contributed by atoms with van der Waals surface area (Å²) in [5, 5.41) is 7.08. The molecule has 1 aliphatic carbocycles. The quantitative estimate of drug-likeness (QED) is 0.167. The minimum absolute atomic E-state index is 0.111. The van der Waals surface area contributed by atoms with E-state index in [9.17, 15) is 0 Å². The molecule has 0 radical (unpaired) electrons. The SMILES string of the molecule is CC1(C)c2ccccc2-c2ccc(N(c3ccc(-c4ccc5oc6c7ccccc7c(-c7ccccc7)cc6c5c4)cc3)c3ccc(-c4cccc5ccccc45)cc3)cc21. The third kappa shape index (κ3) is 5.64. The van der Waals surface area contributed by atoms with Crippen molar-refractivity contribution in [3.8, 4) is 44.5 Å². The van der Waals surface area contributed by atoms with E-state index in [4.69, 9.17) is 4.42 Å². The first kappa shape index (κ1) is 35.3. The number of hydrogen-bond donors (Lipinski definition) is 0. The van der Waals surface area contributed by atoms with Gasteiger partial charge in [0.25, 0.3) is 0 Å². The number of fused-ring (bicyclic) bond motifs is 9. The third-order valence-electron chi connectivity index (χ3n) is 13.1. The van der Waals surface area contributed by atoms with Crippen molar-refractivity contribution >= 4 is 60.5 Å².